The lowest BCUT2D eigenvalue weighted by molar-refractivity contribution is 0.570. The molecular weight excluding hydrogens is 204 g/mol. The van der Waals surface area contributed by atoms with Crippen molar-refractivity contribution in [3.05, 3.63) is 40.3 Å². The van der Waals surface area contributed by atoms with Crippen LogP contribution in [0.25, 0.3) is 10.4 Å². The fourth-order valence-electron chi connectivity index (χ4n) is 0.892. The average molecular weight is 212 g/mol. The molecule has 0 aliphatic heterocycles. The second-order valence-corrected chi connectivity index (χ2v) is 3.14. The van der Waals surface area contributed by atoms with E-state index in [1.165, 1.54) is 0 Å². The van der Waals surface area contributed by atoms with Gasteiger partial charge < -0.3 is 0 Å². The number of benzene rings is 1. The van der Waals surface area contributed by atoms with Crippen LogP contribution in [0.3, 0.4) is 0 Å². The molecule has 1 unspecified atom stereocenters. The van der Waals surface area contributed by atoms with E-state index in [2.05, 4.69) is 14.7 Å². The van der Waals surface area contributed by atoms with Gasteiger partial charge in [-0.15, -0.1) is 0 Å². The lowest BCUT2D eigenvalue weighted by atomic mass is 10.2. The van der Waals surface area contributed by atoms with Crippen molar-refractivity contribution < 1.29 is 8.76 Å². The van der Waals surface area contributed by atoms with Crippen LogP contribution >= 0.6 is 0 Å². The Labute approximate surface area is 83.0 Å². The van der Waals surface area contributed by atoms with Gasteiger partial charge >= 0.3 is 0 Å². The Bertz CT molecular complexity index is 349. The molecule has 0 saturated heterocycles. The molecule has 0 heterocycles. The van der Waals surface area contributed by atoms with Gasteiger partial charge in [0.2, 0.25) is 0 Å². The molecule has 6 nitrogen and oxygen atoms in total. The Hall–Kier alpha value is -1.56. The molecule has 1 rings (SSSR count). The maximum Gasteiger partial charge on any atom is 0.259 e. The third-order valence-electron chi connectivity index (χ3n) is 1.48. The topological polar surface area (TPSA) is 98.1 Å². The predicted octanol–water partition coefficient (Wildman–Crippen LogP) is 2.05. The van der Waals surface area contributed by atoms with Crippen molar-refractivity contribution in [1.29, 1.82) is 0 Å². The van der Waals surface area contributed by atoms with Gasteiger partial charge in [-0.05, 0) is 23.2 Å². The smallest absolute Gasteiger partial charge is 0.259 e. The zero-order valence-corrected chi connectivity index (χ0v) is 7.94. The van der Waals surface area contributed by atoms with Gasteiger partial charge in [-0.3, -0.25) is 9.27 Å². The zero-order valence-electron chi connectivity index (χ0n) is 7.12. The van der Waals surface area contributed by atoms with E-state index >= 15 is 0 Å². The summed E-state index contributed by atoms with van der Waals surface area (Å²) < 4.78 is 21.2. The van der Waals surface area contributed by atoms with Crippen molar-refractivity contribution in [1.82, 2.24) is 0 Å². The second-order valence-electron chi connectivity index (χ2n) is 2.44. The summed E-state index contributed by atoms with van der Waals surface area (Å²) in [6.45, 7) is 0.277. The quantitative estimate of drug-likeness (QED) is 0.345. The molecule has 1 aromatic carbocycles. The highest BCUT2D eigenvalue weighted by atomic mass is 32.2. The first-order valence-corrected chi connectivity index (χ1v) is 4.80. The van der Waals surface area contributed by atoms with Crippen LogP contribution in [0.1, 0.15) is 5.56 Å². The fourth-order valence-corrected chi connectivity index (χ4v) is 1.23. The average Bonchev–Trinajstić information content (AvgIpc) is 2.16. The Morgan fingerprint density at radius 3 is 2.64 bits per heavy atom. The highest BCUT2D eigenvalue weighted by Gasteiger charge is 1.95. The number of nitrogens with zero attached hydrogens (tertiary/aromatic N) is 3. The van der Waals surface area contributed by atoms with Gasteiger partial charge in [-0.1, -0.05) is 17.2 Å². The molecule has 74 valence electrons. The van der Waals surface area contributed by atoms with E-state index in [-0.39, 0.29) is 6.54 Å². The zero-order chi connectivity index (χ0) is 10.4. The van der Waals surface area contributed by atoms with Crippen LogP contribution in [0.2, 0.25) is 0 Å². The van der Waals surface area contributed by atoms with E-state index in [0.717, 1.165) is 5.56 Å². The highest BCUT2D eigenvalue weighted by Crippen LogP contribution is 2.10. The molecule has 0 aliphatic rings. The molecule has 0 spiro atoms. The maximum atomic E-state index is 10.4. The van der Waals surface area contributed by atoms with E-state index < -0.39 is 11.3 Å². The van der Waals surface area contributed by atoms with Gasteiger partial charge in [-0.2, -0.15) is 0 Å². The molecule has 2 N–H and O–H groups in total. The van der Waals surface area contributed by atoms with Crippen LogP contribution in [0.5, 0.6) is 0 Å². The monoisotopic (exact) mass is 212 g/mol. The molecule has 0 radical (unpaired) electrons. The number of nitrogens with one attached hydrogen (secondary N) is 1. The summed E-state index contributed by atoms with van der Waals surface area (Å²) in [7, 11) is 0. The first-order valence-electron chi connectivity index (χ1n) is 3.69. The fraction of sp³-hybridized carbons (Fsp3) is 0.143. The minimum Gasteiger partial charge on any atom is -0.289 e. The van der Waals surface area contributed by atoms with E-state index in [4.69, 9.17) is 10.1 Å². The Morgan fingerprint density at radius 1 is 1.50 bits per heavy atom. The van der Waals surface area contributed by atoms with E-state index in [9.17, 15) is 4.21 Å². The number of anilines is 1. The second kappa shape index (κ2) is 5.23. The Kier molecular flexibility index (Phi) is 3.93. The number of azide groups is 1. The highest BCUT2D eigenvalue weighted by molar-refractivity contribution is 7.80. The van der Waals surface area contributed by atoms with Gasteiger partial charge in [0.1, 0.15) is 0 Å². The standard InChI is InChI=1S/C7H8N4O2S/c8-11-9-5-6-1-3-7(4-2-6)10-14(12)13/h1-4,10H,5H2,(H,12,13). The van der Waals surface area contributed by atoms with E-state index in [0.29, 0.717) is 5.69 Å². The van der Waals surface area contributed by atoms with Crippen LogP contribution in [0, 0.1) is 0 Å². The summed E-state index contributed by atoms with van der Waals surface area (Å²) >= 11 is -2.06. The van der Waals surface area contributed by atoms with Gasteiger partial charge in [0.05, 0.1) is 6.54 Å². The summed E-state index contributed by atoms with van der Waals surface area (Å²) in [5.41, 5.74) is 9.46. The minimum atomic E-state index is -2.06. The van der Waals surface area contributed by atoms with Crippen LogP contribution in [0.15, 0.2) is 29.4 Å². The van der Waals surface area contributed by atoms with Gasteiger partial charge in [-0.25, -0.2) is 4.21 Å². The Balaban J connectivity index is 2.68. The molecule has 1 atom stereocenters. The largest absolute Gasteiger partial charge is 0.289 e. The third-order valence-corrected chi connectivity index (χ3v) is 1.89. The molecule has 0 amide bonds. The van der Waals surface area contributed by atoms with Gasteiger partial charge in [0.25, 0.3) is 11.3 Å². The predicted molar refractivity (Wildman–Crippen MR) is 53.7 cm³/mol. The molecular formula is C7H8N4O2S. The summed E-state index contributed by atoms with van der Waals surface area (Å²) in [4.78, 5) is 2.62. The molecule has 14 heavy (non-hydrogen) atoms. The minimum absolute atomic E-state index is 0.277. The van der Waals surface area contributed by atoms with E-state index in [1.54, 1.807) is 24.3 Å². The molecule has 0 fully saturated rings. The normalized spacial score (nSPS) is 11.5. The van der Waals surface area contributed by atoms with Gasteiger partial charge in [0.15, 0.2) is 0 Å². The lowest BCUT2D eigenvalue weighted by Crippen LogP contribution is -2.01. The van der Waals surface area contributed by atoms with Crippen LogP contribution in [-0.2, 0) is 17.8 Å². The SMILES string of the molecule is [N-]=[N+]=NCc1ccc(NS(=O)O)cc1. The van der Waals surface area contributed by atoms with Crippen molar-refractivity contribution in [2.75, 3.05) is 4.72 Å². The third kappa shape index (κ3) is 3.44. The summed E-state index contributed by atoms with van der Waals surface area (Å²) in [6.07, 6.45) is 0. The molecule has 7 heteroatoms. The van der Waals surface area contributed by atoms with Gasteiger partial charge in [0, 0.05) is 10.6 Å². The summed E-state index contributed by atoms with van der Waals surface area (Å²) in [6, 6.07) is 6.69. The van der Waals surface area contributed by atoms with Crippen molar-refractivity contribution in [3.8, 4) is 0 Å². The van der Waals surface area contributed by atoms with E-state index in [1.807, 2.05) is 0 Å². The first-order chi connectivity index (χ1) is 6.72. The molecule has 1 aromatic rings. The molecule has 0 aromatic heterocycles. The summed E-state index contributed by atoms with van der Waals surface area (Å²) in [5.74, 6) is 0. The van der Waals surface area contributed by atoms with Crippen molar-refractivity contribution in [2.24, 2.45) is 5.11 Å². The lowest BCUT2D eigenvalue weighted by Gasteiger charge is -2.01. The van der Waals surface area contributed by atoms with Crippen molar-refractivity contribution >= 4 is 17.0 Å². The number of hydrogen-bond donors (Lipinski definition) is 2. The van der Waals surface area contributed by atoms with Crippen LogP contribution < -0.4 is 4.72 Å². The van der Waals surface area contributed by atoms with Crippen LogP contribution in [0.4, 0.5) is 5.69 Å². The molecule has 0 bridgehead atoms. The Morgan fingerprint density at radius 2 is 2.14 bits per heavy atom. The van der Waals surface area contributed by atoms with Crippen molar-refractivity contribution in [2.45, 2.75) is 6.54 Å². The molecule has 0 saturated carbocycles. The summed E-state index contributed by atoms with van der Waals surface area (Å²) in [5, 5.41) is 3.38. The number of hydrogen-bond acceptors (Lipinski definition) is 2. The maximum absolute atomic E-state index is 10.4. The van der Waals surface area contributed by atoms with Crippen molar-refractivity contribution in [3.63, 3.8) is 0 Å². The van der Waals surface area contributed by atoms with Crippen LogP contribution in [-0.4, -0.2) is 8.76 Å². The number of rotatable bonds is 4. The molecule has 0 aliphatic carbocycles. The first kappa shape index (κ1) is 10.5.